The number of hydrogen-bond donors (Lipinski definition) is 1. The van der Waals surface area contributed by atoms with E-state index >= 15 is 0 Å². The number of aliphatic hydroxyl groups is 1. The smallest absolute Gasteiger partial charge is 0.0658 e. The van der Waals surface area contributed by atoms with Crippen LogP contribution >= 0.6 is 0 Å². The Morgan fingerprint density at radius 1 is 0.286 bits per heavy atom. The summed E-state index contributed by atoms with van der Waals surface area (Å²) in [5.41, 5.74) is 20.0. The third-order valence-electron chi connectivity index (χ3n) is 28.5. The van der Waals surface area contributed by atoms with Crippen LogP contribution in [0.5, 0.6) is 0 Å². The van der Waals surface area contributed by atoms with Gasteiger partial charge in [-0.1, -0.05) is 115 Å². The normalized spacial score (nSPS) is 22.3. The van der Waals surface area contributed by atoms with Crippen LogP contribution < -0.4 is 19.6 Å². The molecule has 17 rings (SSSR count). The highest BCUT2D eigenvalue weighted by Crippen LogP contribution is 2.35. The van der Waals surface area contributed by atoms with Gasteiger partial charge in [-0.05, 0) is 200 Å². The fourth-order valence-corrected chi connectivity index (χ4v) is 18.5. The van der Waals surface area contributed by atoms with Crippen LogP contribution in [0, 0.1) is 5.92 Å². The second kappa shape index (κ2) is 58.1. The van der Waals surface area contributed by atoms with Crippen LogP contribution in [0.3, 0.4) is 0 Å². The van der Waals surface area contributed by atoms with Crippen LogP contribution in [0.15, 0.2) is 110 Å². The van der Waals surface area contributed by atoms with Crippen LogP contribution in [0.1, 0.15) is 263 Å². The number of morpholine rings is 3. The van der Waals surface area contributed by atoms with Gasteiger partial charge in [0.2, 0.25) is 0 Å². The molecule has 0 spiro atoms. The first-order valence-electron chi connectivity index (χ1n) is 52.8. The molecule has 0 bridgehead atoms. The van der Waals surface area contributed by atoms with Crippen molar-refractivity contribution in [2.24, 2.45) is 5.92 Å². The summed E-state index contributed by atoms with van der Waals surface area (Å²) in [6, 6.07) is 31.9. The molecule has 7 atom stereocenters. The van der Waals surface area contributed by atoms with Gasteiger partial charge in [-0.15, -0.1) is 0 Å². The van der Waals surface area contributed by atoms with Crippen LogP contribution in [0.25, 0.3) is 0 Å². The molecule has 10 saturated heterocycles. The molecule has 2 unspecified atom stereocenters. The summed E-state index contributed by atoms with van der Waals surface area (Å²) >= 11 is 0. The van der Waals surface area contributed by atoms with Gasteiger partial charge in [0.05, 0.1) is 183 Å². The van der Waals surface area contributed by atoms with Gasteiger partial charge in [0, 0.05) is 213 Å². The number of aromatic nitrogens is 7. The third kappa shape index (κ3) is 36.1. The SMILES string of the molecule is CC(C)c1ccc(C2CCOC2)c(CN2CCOCC2)n1.CC(C)c1ccc(N2CCOCC(N(C)C)C2)cn1.CC(C)c1ccc(N2CCOC[C@@H](C(C)(C)O)C2)cn1.CC(C)c1ccc(N2CCOC[C@@H](N(C)C)C2)cn1.CC(C)c1ccc(N2CCOC[C@H](N(C)C)C2)cn1.CC(C)c1ccc([C@@H]2CCOC2)c(CN2CCOCC2)n1.CC(C)c1ccc([C@H]2CCOC2)c(CN2CCOCC2)n1. The molecule has 0 aromatic carbocycles. The van der Waals surface area contributed by atoms with Crippen molar-refractivity contribution in [1.82, 2.24) is 64.3 Å². The molecule has 778 valence electrons. The predicted molar refractivity (Wildman–Crippen MR) is 565 cm³/mol. The molecule has 10 fully saturated rings. The van der Waals surface area contributed by atoms with Gasteiger partial charge in [-0.25, -0.2) is 0 Å². The van der Waals surface area contributed by atoms with E-state index in [2.05, 4.69) is 293 Å². The van der Waals surface area contributed by atoms with Gasteiger partial charge in [-0.2, -0.15) is 0 Å². The van der Waals surface area contributed by atoms with Crippen LogP contribution in [-0.4, -0.2) is 359 Å². The highest BCUT2D eigenvalue weighted by atomic mass is 16.5. The second-order valence-corrected chi connectivity index (χ2v) is 42.8. The van der Waals surface area contributed by atoms with E-state index in [-0.39, 0.29) is 5.92 Å². The number of hydrogen-bond acceptors (Lipinski definition) is 28. The minimum Gasteiger partial charge on any atom is -0.390 e. The predicted octanol–water partition coefficient (Wildman–Crippen LogP) is 16.0. The van der Waals surface area contributed by atoms with Crippen LogP contribution in [0.2, 0.25) is 0 Å². The van der Waals surface area contributed by atoms with E-state index in [9.17, 15) is 5.11 Å². The Balaban J connectivity index is 0.000000156. The van der Waals surface area contributed by atoms with E-state index < -0.39 is 5.60 Å². The summed E-state index contributed by atoms with van der Waals surface area (Å²) in [6.07, 6.45) is 11.3. The topological polar surface area (TPSA) is 235 Å². The lowest BCUT2D eigenvalue weighted by molar-refractivity contribution is -0.0158. The summed E-state index contributed by atoms with van der Waals surface area (Å²) in [4.78, 5) is 56.5. The molecule has 7 aromatic heterocycles. The Hall–Kier alpha value is -7.43. The fraction of sp³-hybridized carbons (Fsp3) is 0.688. The van der Waals surface area contributed by atoms with Crippen molar-refractivity contribution in [3.05, 3.63) is 183 Å². The van der Waals surface area contributed by atoms with Crippen molar-refractivity contribution >= 4 is 22.7 Å². The quantitative estimate of drug-likeness (QED) is 0.0592. The number of ether oxygens (including phenoxy) is 10. The Kier molecular flexibility index (Phi) is 46.8. The Labute approximate surface area is 842 Å². The first-order chi connectivity index (χ1) is 67.3. The van der Waals surface area contributed by atoms with Crippen LogP contribution in [0.4, 0.5) is 22.7 Å². The largest absolute Gasteiger partial charge is 0.390 e. The van der Waals surface area contributed by atoms with Crippen molar-refractivity contribution in [3.63, 3.8) is 0 Å². The highest BCUT2D eigenvalue weighted by Gasteiger charge is 2.34. The third-order valence-corrected chi connectivity index (χ3v) is 28.5. The second-order valence-electron chi connectivity index (χ2n) is 42.8. The fourth-order valence-electron chi connectivity index (χ4n) is 18.5. The number of nitrogens with zero attached hydrogens (tertiary/aromatic N) is 17. The van der Waals surface area contributed by atoms with Gasteiger partial charge in [0.1, 0.15) is 0 Å². The van der Waals surface area contributed by atoms with Crippen LogP contribution in [-0.2, 0) is 67.0 Å². The monoisotopic (exact) mass is 1940 g/mol. The molecule has 10 aliphatic rings. The average molecular weight is 1940 g/mol. The van der Waals surface area contributed by atoms with Gasteiger partial charge in [0.15, 0.2) is 0 Å². The number of anilines is 4. The zero-order valence-corrected chi connectivity index (χ0v) is 89.9. The van der Waals surface area contributed by atoms with E-state index in [1.165, 1.54) is 67.9 Å². The van der Waals surface area contributed by atoms with Crippen molar-refractivity contribution in [3.8, 4) is 0 Å². The first kappa shape index (κ1) is 113. The number of pyridine rings is 7. The van der Waals surface area contributed by atoms with Gasteiger partial charge in [-0.3, -0.25) is 49.6 Å². The van der Waals surface area contributed by atoms with Crippen molar-refractivity contribution in [2.75, 3.05) is 286 Å². The molecule has 17 heterocycles. The van der Waals surface area contributed by atoms with Gasteiger partial charge < -0.3 is 86.8 Å². The summed E-state index contributed by atoms with van der Waals surface area (Å²) in [7, 11) is 12.7. The lowest BCUT2D eigenvalue weighted by Crippen LogP contribution is -2.41. The van der Waals surface area contributed by atoms with E-state index in [0.29, 0.717) is 90.5 Å². The molecular weight excluding hydrogens is 1760 g/mol. The molecule has 0 amide bonds. The molecule has 28 heteroatoms. The lowest BCUT2D eigenvalue weighted by atomic mass is 9.91. The van der Waals surface area contributed by atoms with Gasteiger partial charge >= 0.3 is 0 Å². The molecule has 0 aliphatic carbocycles. The molecule has 1 N–H and O–H groups in total. The van der Waals surface area contributed by atoms with E-state index in [4.69, 9.17) is 62.3 Å². The molecule has 140 heavy (non-hydrogen) atoms. The molecule has 0 saturated carbocycles. The summed E-state index contributed by atoms with van der Waals surface area (Å²) in [5, 5.41) is 10.2. The van der Waals surface area contributed by atoms with E-state index in [0.717, 1.165) is 278 Å². The lowest BCUT2D eigenvalue weighted by Gasteiger charge is -2.32. The minimum absolute atomic E-state index is 0.106. The summed E-state index contributed by atoms with van der Waals surface area (Å²) in [6.45, 7) is 66.9. The molecular formula is C112H179N17O11. The number of rotatable bonds is 24. The van der Waals surface area contributed by atoms with Crippen molar-refractivity contribution in [2.45, 2.75) is 233 Å². The first-order valence-corrected chi connectivity index (χ1v) is 52.8. The van der Waals surface area contributed by atoms with Crippen molar-refractivity contribution < 1.29 is 52.5 Å². The summed E-state index contributed by atoms with van der Waals surface area (Å²) < 4.78 is 55.7. The molecule has 0 radical (unpaired) electrons. The maximum Gasteiger partial charge on any atom is 0.0658 e. The zero-order valence-electron chi connectivity index (χ0n) is 89.9. The zero-order chi connectivity index (χ0) is 100. The molecule has 7 aromatic rings. The average Bonchev–Trinajstić information content (AvgIpc) is 1.40. The van der Waals surface area contributed by atoms with E-state index in [1.807, 2.05) is 38.6 Å². The standard InChI is InChI=1S/3C17H26N2O2.C16H26N2O2.3C15H25N3O/c3*1-13(2)16-4-3-15(14-5-8-21-12-14)17(18-16)11-19-6-9-20-10-7-19;1-12(2)15-6-5-14(9-17-15)18-7-8-20-11-13(10-18)16(3,4)19;3*1-12(2)15-6-5-13(9-16-15)18-7-8-19-11-14(10-18)17(3)4/h3*3-4,13-14H,5-12H2,1-2H3;5-6,9,12-13,19H,7-8,10-11H2,1-4H3;3*5-6,9,12,14H,7-8,10-11H2,1-4H3/t2*14-;;13-;2*14-;/m10.010./s1. The van der Waals surface area contributed by atoms with Crippen molar-refractivity contribution in [1.29, 1.82) is 0 Å². The Morgan fingerprint density at radius 3 is 0.729 bits per heavy atom. The summed E-state index contributed by atoms with van der Waals surface area (Å²) in [5.74, 6) is 4.99. The molecule has 28 nitrogen and oxygen atoms in total. The molecule has 10 aliphatic heterocycles. The maximum atomic E-state index is 10.2. The van der Waals surface area contributed by atoms with E-state index in [1.54, 1.807) is 0 Å². The minimum atomic E-state index is -0.728. The Morgan fingerprint density at radius 2 is 0.514 bits per heavy atom. The Bertz CT molecular complexity index is 4210. The van der Waals surface area contributed by atoms with Gasteiger partial charge in [0.25, 0.3) is 0 Å². The maximum absolute atomic E-state index is 10.2. The number of likely N-dealkylation sites (N-methyl/N-ethyl adjacent to an activating group) is 3. The highest BCUT2D eigenvalue weighted by molar-refractivity contribution is 5.49.